The molecule has 5 aromatic carbocycles. The average molecular weight is 804 g/mol. The molecule has 1 N–H and O–H groups in total. The summed E-state index contributed by atoms with van der Waals surface area (Å²) in [6, 6.07) is 46.6. The number of aromatic nitrogens is 5. The fraction of sp³-hybridized carbons (Fsp3) is 0.213. The van der Waals surface area contributed by atoms with E-state index >= 15 is 0 Å². The molecular formula is C47H45N7O6. The first-order valence-corrected chi connectivity index (χ1v) is 19.9. The minimum Gasteiger partial charge on any atom is -0.435 e. The van der Waals surface area contributed by atoms with Crippen molar-refractivity contribution in [2.75, 3.05) is 23.4 Å². The molecule has 1 aliphatic rings. The summed E-state index contributed by atoms with van der Waals surface area (Å²) in [5.74, 6) is -0.0685. The van der Waals surface area contributed by atoms with E-state index in [2.05, 4.69) is 94.9 Å². The second-order valence-corrected chi connectivity index (χ2v) is 14.2. The van der Waals surface area contributed by atoms with Crippen LogP contribution < -0.4 is 10.2 Å². The lowest BCUT2D eigenvalue weighted by molar-refractivity contribution is -0.0811. The zero-order valence-corrected chi connectivity index (χ0v) is 33.8. The van der Waals surface area contributed by atoms with E-state index in [4.69, 9.17) is 29.3 Å². The highest BCUT2D eigenvalue weighted by Gasteiger charge is 2.42. The smallest absolute Gasteiger partial charge is 0.435 e. The SMILES string of the molecule is CCOC(=O)OC(C)OC(=O)c1cccc2c1N(Cc1ccc(-n3cc(C)cc3-c3nnnn3C(c3ccccc3)(c3ccccc3)c3ccccc3)cc1)C(OCC)N2. The largest absolute Gasteiger partial charge is 0.511 e. The Morgan fingerprint density at radius 3 is 2.02 bits per heavy atom. The van der Waals surface area contributed by atoms with Gasteiger partial charge in [-0.2, -0.15) is 0 Å². The maximum Gasteiger partial charge on any atom is 0.511 e. The normalized spacial score (nSPS) is 13.9. The second kappa shape index (κ2) is 17.3. The third kappa shape index (κ3) is 7.58. The van der Waals surface area contributed by atoms with Crippen molar-refractivity contribution in [3.8, 4) is 17.2 Å². The van der Waals surface area contributed by atoms with Crippen LogP contribution in [0, 0.1) is 6.92 Å². The molecule has 0 bridgehead atoms. The van der Waals surface area contributed by atoms with Gasteiger partial charge in [0.1, 0.15) is 5.54 Å². The van der Waals surface area contributed by atoms with Gasteiger partial charge in [0.05, 0.1) is 29.2 Å². The Labute approximate surface area is 348 Å². The maximum absolute atomic E-state index is 13.5. The minimum atomic E-state index is -1.16. The predicted molar refractivity (Wildman–Crippen MR) is 227 cm³/mol. The molecule has 0 amide bonds. The Morgan fingerprint density at radius 2 is 1.42 bits per heavy atom. The van der Waals surface area contributed by atoms with E-state index in [1.165, 1.54) is 6.92 Å². The summed E-state index contributed by atoms with van der Waals surface area (Å²) in [5, 5.41) is 17.2. The summed E-state index contributed by atoms with van der Waals surface area (Å²) in [4.78, 5) is 27.3. The quantitative estimate of drug-likeness (QED) is 0.0643. The van der Waals surface area contributed by atoms with Crippen LogP contribution in [0.3, 0.4) is 0 Å². The van der Waals surface area contributed by atoms with Gasteiger partial charge in [-0.1, -0.05) is 109 Å². The molecule has 2 atom stereocenters. The zero-order chi connectivity index (χ0) is 41.6. The molecule has 0 fully saturated rings. The standard InChI is InChI=1S/C47H45N7O6/c1-5-57-45-48-40-24-16-23-39(44(55)59-33(4)60-46(56)58-6-2)42(40)53(45)31-34-25-27-38(28-26-34)52-30-32(3)29-41(52)43-49-50-51-54(43)47(35-17-10-7-11-18-35,36-19-12-8-13-20-36)37-21-14-9-15-22-37/h7-30,33,45,48H,5-6,31H2,1-4H3. The molecule has 0 spiro atoms. The van der Waals surface area contributed by atoms with Gasteiger partial charge >= 0.3 is 12.1 Å². The van der Waals surface area contributed by atoms with Crippen LogP contribution in [-0.2, 0) is 31.0 Å². The number of esters is 1. The molecule has 0 saturated carbocycles. The highest BCUT2D eigenvalue weighted by Crippen LogP contribution is 2.43. The molecule has 13 heteroatoms. The molecule has 0 aliphatic carbocycles. The lowest BCUT2D eigenvalue weighted by Gasteiger charge is -2.36. The van der Waals surface area contributed by atoms with E-state index < -0.39 is 30.3 Å². The molecule has 0 radical (unpaired) electrons. The van der Waals surface area contributed by atoms with Crippen LogP contribution >= 0.6 is 0 Å². The van der Waals surface area contributed by atoms with E-state index in [0.29, 0.717) is 35.9 Å². The van der Waals surface area contributed by atoms with Crippen molar-refractivity contribution in [1.29, 1.82) is 0 Å². The topological polar surface area (TPSA) is 135 Å². The molecular weight excluding hydrogens is 759 g/mol. The molecule has 3 heterocycles. The number of benzene rings is 5. The minimum absolute atomic E-state index is 0.136. The predicted octanol–water partition coefficient (Wildman–Crippen LogP) is 8.71. The number of para-hydroxylation sites is 1. The van der Waals surface area contributed by atoms with Gasteiger partial charge in [-0.3, -0.25) is 0 Å². The Kier molecular flexibility index (Phi) is 11.4. The first-order chi connectivity index (χ1) is 29.3. The summed E-state index contributed by atoms with van der Waals surface area (Å²) in [5.41, 5.74) is 7.45. The van der Waals surface area contributed by atoms with Crippen molar-refractivity contribution in [3.05, 3.63) is 179 Å². The van der Waals surface area contributed by atoms with Crippen molar-refractivity contribution in [2.45, 2.75) is 52.4 Å². The average Bonchev–Trinajstić information content (AvgIpc) is 4.00. The molecule has 304 valence electrons. The molecule has 8 rings (SSSR count). The van der Waals surface area contributed by atoms with E-state index in [0.717, 1.165) is 39.2 Å². The van der Waals surface area contributed by atoms with Crippen molar-refractivity contribution in [1.82, 2.24) is 24.8 Å². The van der Waals surface area contributed by atoms with Crippen LogP contribution in [-0.4, -0.2) is 62.8 Å². The van der Waals surface area contributed by atoms with Gasteiger partial charge in [0.25, 0.3) is 0 Å². The number of fused-ring (bicyclic) bond motifs is 1. The van der Waals surface area contributed by atoms with E-state index in [9.17, 15) is 9.59 Å². The molecule has 0 saturated heterocycles. The van der Waals surface area contributed by atoms with Crippen LogP contribution in [0.5, 0.6) is 0 Å². The lowest BCUT2D eigenvalue weighted by atomic mass is 9.77. The monoisotopic (exact) mass is 803 g/mol. The number of nitrogens with one attached hydrogen (secondary N) is 1. The number of carbonyl (C=O) groups excluding carboxylic acids is 2. The molecule has 60 heavy (non-hydrogen) atoms. The number of hydrogen-bond acceptors (Lipinski definition) is 11. The highest BCUT2D eigenvalue weighted by atomic mass is 16.8. The summed E-state index contributed by atoms with van der Waals surface area (Å²) in [6.07, 6.45) is -0.554. The second-order valence-electron chi connectivity index (χ2n) is 14.2. The molecule has 7 aromatic rings. The van der Waals surface area contributed by atoms with Crippen LogP contribution in [0.25, 0.3) is 17.2 Å². The number of anilines is 2. The van der Waals surface area contributed by atoms with Crippen LogP contribution in [0.4, 0.5) is 16.2 Å². The number of ether oxygens (including phenoxy) is 4. The maximum atomic E-state index is 13.5. The van der Waals surface area contributed by atoms with Gasteiger partial charge in [0, 0.05) is 32.0 Å². The van der Waals surface area contributed by atoms with Gasteiger partial charge in [-0.15, -0.1) is 5.10 Å². The zero-order valence-electron chi connectivity index (χ0n) is 33.8. The third-order valence-electron chi connectivity index (χ3n) is 10.3. The highest BCUT2D eigenvalue weighted by molar-refractivity contribution is 6.01. The van der Waals surface area contributed by atoms with Crippen molar-refractivity contribution >= 4 is 23.5 Å². The number of tetrazole rings is 1. The van der Waals surface area contributed by atoms with Gasteiger partial charge in [0.15, 0.2) is 0 Å². The molecule has 2 aromatic heterocycles. The Balaban J connectivity index is 1.14. The fourth-order valence-corrected chi connectivity index (χ4v) is 7.86. The Morgan fingerprint density at radius 1 is 0.783 bits per heavy atom. The number of carbonyl (C=O) groups is 2. The Hall–Kier alpha value is -7.25. The summed E-state index contributed by atoms with van der Waals surface area (Å²) >= 11 is 0. The number of hydrogen-bond donors (Lipinski definition) is 1. The van der Waals surface area contributed by atoms with E-state index in [-0.39, 0.29) is 6.61 Å². The first-order valence-electron chi connectivity index (χ1n) is 19.9. The van der Waals surface area contributed by atoms with Crippen LogP contribution in [0.15, 0.2) is 146 Å². The first kappa shape index (κ1) is 39.6. The Bertz CT molecular complexity index is 2460. The van der Waals surface area contributed by atoms with Crippen molar-refractivity contribution < 1.29 is 28.5 Å². The van der Waals surface area contributed by atoms with E-state index in [1.807, 2.05) is 77.2 Å². The van der Waals surface area contributed by atoms with Gasteiger partial charge < -0.3 is 33.7 Å². The van der Waals surface area contributed by atoms with Gasteiger partial charge in [0.2, 0.25) is 18.5 Å². The summed E-state index contributed by atoms with van der Waals surface area (Å²) in [6.45, 7) is 8.06. The third-order valence-corrected chi connectivity index (χ3v) is 10.3. The summed E-state index contributed by atoms with van der Waals surface area (Å²) in [7, 11) is 0. The fourth-order valence-electron chi connectivity index (χ4n) is 7.86. The number of nitrogens with zero attached hydrogens (tertiary/aromatic N) is 6. The van der Waals surface area contributed by atoms with Crippen LogP contribution in [0.1, 0.15) is 58.9 Å². The number of rotatable bonds is 14. The van der Waals surface area contributed by atoms with Crippen molar-refractivity contribution in [3.63, 3.8) is 0 Å². The lowest BCUT2D eigenvalue weighted by Crippen LogP contribution is -2.39. The van der Waals surface area contributed by atoms with E-state index in [1.54, 1.807) is 19.1 Å². The number of aryl methyl sites for hydroxylation is 1. The van der Waals surface area contributed by atoms with Gasteiger partial charge in [-0.05, 0) is 89.3 Å². The molecule has 13 nitrogen and oxygen atoms in total. The molecule has 2 unspecified atom stereocenters. The van der Waals surface area contributed by atoms with Crippen LogP contribution in [0.2, 0.25) is 0 Å². The molecule has 1 aliphatic heterocycles. The summed E-state index contributed by atoms with van der Waals surface area (Å²) < 4.78 is 25.6. The van der Waals surface area contributed by atoms with Crippen molar-refractivity contribution in [2.24, 2.45) is 0 Å². The van der Waals surface area contributed by atoms with Gasteiger partial charge in [-0.25, -0.2) is 14.3 Å².